The van der Waals surface area contributed by atoms with Crippen LogP contribution in [-0.4, -0.2) is 4.57 Å². The second kappa shape index (κ2) is 12.9. The number of para-hydroxylation sites is 3. The molecule has 0 saturated carbocycles. The Morgan fingerprint density at radius 2 is 1.02 bits per heavy atom. The van der Waals surface area contributed by atoms with Crippen LogP contribution in [0, 0.1) is 0 Å². The lowest BCUT2D eigenvalue weighted by atomic mass is 9.96. The van der Waals surface area contributed by atoms with Crippen molar-refractivity contribution in [1.29, 1.82) is 0 Å². The van der Waals surface area contributed by atoms with Crippen LogP contribution in [-0.2, 0) is 0 Å². The summed E-state index contributed by atoms with van der Waals surface area (Å²) in [6, 6.07) is 75.2. The topological polar surface area (TPSA) is 8.17 Å². The van der Waals surface area contributed by atoms with Gasteiger partial charge in [0.1, 0.15) is 0 Å². The number of hydrogen-bond donors (Lipinski definition) is 0. The van der Waals surface area contributed by atoms with Crippen molar-refractivity contribution in [3.63, 3.8) is 0 Å². The zero-order valence-electron chi connectivity index (χ0n) is 29.9. The van der Waals surface area contributed by atoms with Gasteiger partial charge in [-0.15, -0.1) is 11.3 Å². The van der Waals surface area contributed by atoms with Crippen molar-refractivity contribution in [3.8, 4) is 27.9 Å². The SMILES string of the molecule is c1ccc(N(c2cccc(-c3cccc4ccccc34)c2)c2ccc3c(sc4ccccc43)c2-c2cccc(-n3c4ccccc4c4ccccc43)c2)cc1. The molecule has 0 radical (unpaired) electrons. The van der Waals surface area contributed by atoms with Gasteiger partial charge < -0.3 is 9.47 Å². The van der Waals surface area contributed by atoms with E-state index in [0.717, 1.165) is 22.7 Å². The molecule has 0 atom stereocenters. The highest BCUT2D eigenvalue weighted by atomic mass is 32.1. The summed E-state index contributed by atoms with van der Waals surface area (Å²) in [4.78, 5) is 2.45. The Kier molecular flexibility index (Phi) is 7.39. The molecular formula is C52H34N2S. The van der Waals surface area contributed by atoms with Crippen molar-refractivity contribution in [1.82, 2.24) is 4.57 Å². The third-order valence-corrected chi connectivity index (χ3v) is 12.2. The molecule has 0 fully saturated rings. The fourth-order valence-corrected chi connectivity index (χ4v) is 9.81. The monoisotopic (exact) mass is 718 g/mol. The molecule has 0 bridgehead atoms. The van der Waals surface area contributed by atoms with E-state index in [4.69, 9.17) is 0 Å². The molecule has 11 aromatic rings. The predicted molar refractivity (Wildman–Crippen MR) is 237 cm³/mol. The lowest BCUT2D eigenvalue weighted by Gasteiger charge is -2.29. The largest absolute Gasteiger partial charge is 0.310 e. The Bertz CT molecular complexity index is 3170. The molecule has 0 amide bonds. The van der Waals surface area contributed by atoms with Gasteiger partial charge in [0, 0.05) is 53.6 Å². The first-order valence-corrected chi connectivity index (χ1v) is 19.6. The number of rotatable bonds is 6. The Morgan fingerprint density at radius 1 is 0.400 bits per heavy atom. The van der Waals surface area contributed by atoms with Crippen molar-refractivity contribution in [2.75, 3.05) is 4.90 Å². The van der Waals surface area contributed by atoms with Gasteiger partial charge in [0.15, 0.2) is 0 Å². The van der Waals surface area contributed by atoms with Crippen LogP contribution in [0.1, 0.15) is 0 Å². The summed E-state index contributed by atoms with van der Waals surface area (Å²) in [6.07, 6.45) is 0. The molecule has 0 spiro atoms. The van der Waals surface area contributed by atoms with E-state index in [1.165, 1.54) is 75.0 Å². The van der Waals surface area contributed by atoms with E-state index in [-0.39, 0.29) is 0 Å². The molecule has 2 aromatic heterocycles. The van der Waals surface area contributed by atoms with Crippen molar-refractivity contribution in [2.24, 2.45) is 0 Å². The van der Waals surface area contributed by atoms with Crippen LogP contribution >= 0.6 is 11.3 Å². The Morgan fingerprint density at radius 3 is 1.84 bits per heavy atom. The van der Waals surface area contributed by atoms with Gasteiger partial charge in [-0.05, 0) is 88.1 Å². The minimum Gasteiger partial charge on any atom is -0.310 e. The van der Waals surface area contributed by atoms with Crippen LogP contribution in [0.4, 0.5) is 17.1 Å². The number of hydrogen-bond acceptors (Lipinski definition) is 2. The normalized spacial score (nSPS) is 11.6. The van der Waals surface area contributed by atoms with E-state index >= 15 is 0 Å². The van der Waals surface area contributed by atoms with Gasteiger partial charge in [-0.1, -0.05) is 146 Å². The average molecular weight is 719 g/mol. The minimum absolute atomic E-state index is 1.11. The molecule has 258 valence electrons. The van der Waals surface area contributed by atoms with Crippen LogP contribution in [0.15, 0.2) is 206 Å². The summed E-state index contributed by atoms with van der Waals surface area (Å²) in [5.41, 5.74) is 11.7. The molecule has 2 heterocycles. The molecule has 11 rings (SSSR count). The van der Waals surface area contributed by atoms with Gasteiger partial charge in [0.05, 0.1) is 16.7 Å². The molecule has 2 nitrogen and oxygen atoms in total. The highest BCUT2D eigenvalue weighted by molar-refractivity contribution is 7.26. The smallest absolute Gasteiger partial charge is 0.0554 e. The van der Waals surface area contributed by atoms with E-state index in [0.29, 0.717) is 0 Å². The first-order valence-electron chi connectivity index (χ1n) is 18.8. The first kappa shape index (κ1) is 31.6. The zero-order valence-corrected chi connectivity index (χ0v) is 30.7. The Balaban J connectivity index is 1.18. The fourth-order valence-electron chi connectivity index (χ4n) is 8.54. The second-order valence-electron chi connectivity index (χ2n) is 14.1. The van der Waals surface area contributed by atoms with Crippen LogP contribution in [0.3, 0.4) is 0 Å². The van der Waals surface area contributed by atoms with Gasteiger partial charge in [-0.3, -0.25) is 0 Å². The molecule has 0 saturated heterocycles. The number of anilines is 3. The standard InChI is InChI=1S/C52H34N2S/c1-2-19-38(20-3-1)53(39-21-12-17-36(33-39)42-27-14-16-35-15-4-5-23-41(35)42)49-32-31-46-45-26-8-11-30-50(45)55-52(46)51(49)37-18-13-22-40(34-37)54-47-28-9-6-24-43(47)44-25-7-10-29-48(44)54/h1-34H. The first-order chi connectivity index (χ1) is 27.3. The molecule has 55 heavy (non-hydrogen) atoms. The molecular weight excluding hydrogens is 685 g/mol. The number of nitrogens with zero attached hydrogens (tertiary/aromatic N) is 2. The molecule has 0 aliphatic carbocycles. The van der Waals surface area contributed by atoms with Crippen LogP contribution in [0.2, 0.25) is 0 Å². The Hall–Kier alpha value is -6.94. The Labute approximate surface area is 323 Å². The molecule has 0 aliphatic heterocycles. The maximum atomic E-state index is 2.45. The second-order valence-corrected chi connectivity index (χ2v) is 15.2. The third-order valence-electron chi connectivity index (χ3n) is 11.0. The summed E-state index contributed by atoms with van der Waals surface area (Å²) in [5.74, 6) is 0. The maximum Gasteiger partial charge on any atom is 0.0554 e. The third kappa shape index (κ3) is 5.16. The molecule has 0 unspecified atom stereocenters. The predicted octanol–water partition coefficient (Wildman–Crippen LogP) is 15.1. The number of benzene rings is 9. The van der Waals surface area contributed by atoms with Gasteiger partial charge >= 0.3 is 0 Å². The van der Waals surface area contributed by atoms with Crippen molar-refractivity contribution in [3.05, 3.63) is 206 Å². The number of thiophene rings is 1. The maximum absolute atomic E-state index is 2.45. The summed E-state index contributed by atoms with van der Waals surface area (Å²) in [7, 11) is 0. The van der Waals surface area contributed by atoms with Crippen molar-refractivity contribution >= 4 is 81.1 Å². The summed E-state index contributed by atoms with van der Waals surface area (Å²) in [6.45, 7) is 0. The van der Waals surface area contributed by atoms with E-state index in [9.17, 15) is 0 Å². The average Bonchev–Trinajstić information content (AvgIpc) is 3.80. The van der Waals surface area contributed by atoms with Crippen LogP contribution in [0.5, 0.6) is 0 Å². The zero-order chi connectivity index (χ0) is 36.3. The fraction of sp³-hybridized carbons (Fsp3) is 0. The van der Waals surface area contributed by atoms with Gasteiger partial charge in [-0.25, -0.2) is 0 Å². The summed E-state index contributed by atoms with van der Waals surface area (Å²) < 4.78 is 4.99. The van der Waals surface area contributed by atoms with Gasteiger partial charge in [0.25, 0.3) is 0 Å². The summed E-state index contributed by atoms with van der Waals surface area (Å²) >= 11 is 1.88. The quantitative estimate of drug-likeness (QED) is 0.166. The highest BCUT2D eigenvalue weighted by Crippen LogP contribution is 2.49. The molecule has 0 aliphatic rings. The van der Waals surface area contributed by atoms with E-state index in [1.54, 1.807) is 0 Å². The molecule has 3 heteroatoms. The van der Waals surface area contributed by atoms with Crippen LogP contribution < -0.4 is 4.90 Å². The molecule has 0 N–H and O–H groups in total. The minimum atomic E-state index is 1.11. The highest BCUT2D eigenvalue weighted by Gasteiger charge is 2.23. The van der Waals surface area contributed by atoms with E-state index < -0.39 is 0 Å². The van der Waals surface area contributed by atoms with Crippen molar-refractivity contribution in [2.45, 2.75) is 0 Å². The van der Waals surface area contributed by atoms with E-state index in [1.807, 2.05) is 11.3 Å². The van der Waals surface area contributed by atoms with Gasteiger partial charge in [0.2, 0.25) is 0 Å². The number of fused-ring (bicyclic) bond motifs is 7. The lowest BCUT2D eigenvalue weighted by molar-refractivity contribution is 1.18. The van der Waals surface area contributed by atoms with E-state index in [2.05, 4.69) is 216 Å². The lowest BCUT2D eigenvalue weighted by Crippen LogP contribution is -2.11. The molecule has 9 aromatic carbocycles. The van der Waals surface area contributed by atoms with Gasteiger partial charge in [-0.2, -0.15) is 0 Å². The number of aromatic nitrogens is 1. The van der Waals surface area contributed by atoms with Crippen molar-refractivity contribution < 1.29 is 0 Å². The van der Waals surface area contributed by atoms with Crippen LogP contribution in [0.25, 0.3) is 80.7 Å². The summed E-state index contributed by atoms with van der Waals surface area (Å²) in [5, 5.41) is 7.58.